The van der Waals surface area contributed by atoms with E-state index in [1.54, 1.807) is 16.8 Å². The Morgan fingerprint density at radius 1 is 1.20 bits per heavy atom. The van der Waals surface area contributed by atoms with Crippen molar-refractivity contribution in [3.8, 4) is 11.8 Å². The number of benzene rings is 1. The van der Waals surface area contributed by atoms with Crippen molar-refractivity contribution < 1.29 is 0 Å². The lowest BCUT2D eigenvalue weighted by atomic mass is 10.3. The van der Waals surface area contributed by atoms with Crippen LogP contribution >= 0.6 is 11.8 Å². The minimum Gasteiger partial charge on any atom is -0.280 e. The molecule has 20 heavy (non-hydrogen) atoms. The van der Waals surface area contributed by atoms with Gasteiger partial charge in [0.05, 0.1) is 11.8 Å². The molecular formula is C13H9N5OS. The molecule has 98 valence electrons. The van der Waals surface area contributed by atoms with Crippen molar-refractivity contribution in [2.45, 2.75) is 5.16 Å². The van der Waals surface area contributed by atoms with Gasteiger partial charge in [0.25, 0.3) is 0 Å². The van der Waals surface area contributed by atoms with Crippen LogP contribution in [0.4, 0.5) is 0 Å². The minimum absolute atomic E-state index is 0.241. The number of nitrogens with zero attached hydrogens (tertiary/aromatic N) is 5. The van der Waals surface area contributed by atoms with E-state index < -0.39 is 0 Å². The van der Waals surface area contributed by atoms with Gasteiger partial charge in [0.2, 0.25) is 5.65 Å². The van der Waals surface area contributed by atoms with Gasteiger partial charge in [-0.1, -0.05) is 30.0 Å². The molecule has 0 bridgehead atoms. The van der Waals surface area contributed by atoms with Crippen molar-refractivity contribution in [2.75, 3.05) is 5.75 Å². The normalized spacial score (nSPS) is 10.6. The summed E-state index contributed by atoms with van der Waals surface area (Å²) in [6, 6.07) is 11.3. The molecule has 0 radical (unpaired) electrons. The average Bonchev–Trinajstić information content (AvgIpc) is 2.90. The monoisotopic (exact) mass is 283 g/mol. The number of rotatable bonds is 3. The van der Waals surface area contributed by atoms with Crippen molar-refractivity contribution in [3.63, 3.8) is 0 Å². The Morgan fingerprint density at radius 3 is 2.75 bits per heavy atom. The van der Waals surface area contributed by atoms with E-state index in [0.29, 0.717) is 5.16 Å². The maximum absolute atomic E-state index is 12.4. The van der Waals surface area contributed by atoms with Gasteiger partial charge >= 0.3 is 5.56 Å². The van der Waals surface area contributed by atoms with Crippen LogP contribution in [0.2, 0.25) is 0 Å². The van der Waals surface area contributed by atoms with Gasteiger partial charge in [-0.05, 0) is 12.1 Å². The number of nitriles is 1. The van der Waals surface area contributed by atoms with Gasteiger partial charge in [-0.15, -0.1) is 10.2 Å². The Kier molecular flexibility index (Phi) is 3.23. The zero-order chi connectivity index (χ0) is 13.9. The van der Waals surface area contributed by atoms with Crippen LogP contribution in [0.25, 0.3) is 11.3 Å². The first-order valence-electron chi connectivity index (χ1n) is 5.83. The van der Waals surface area contributed by atoms with Crippen molar-refractivity contribution in [1.82, 2.24) is 19.2 Å². The first-order chi connectivity index (χ1) is 9.81. The largest absolute Gasteiger partial charge is 0.300 e. The molecule has 2 aromatic heterocycles. The summed E-state index contributed by atoms with van der Waals surface area (Å²) in [5.74, 6) is 0.266. The molecule has 0 N–H and O–H groups in total. The molecule has 0 unspecified atom stereocenters. The molecular weight excluding hydrogens is 274 g/mol. The second-order valence-corrected chi connectivity index (χ2v) is 4.87. The zero-order valence-corrected chi connectivity index (χ0v) is 11.1. The number of para-hydroxylation sites is 1. The molecule has 0 atom stereocenters. The first kappa shape index (κ1) is 12.4. The molecule has 0 fully saturated rings. The summed E-state index contributed by atoms with van der Waals surface area (Å²) in [6.45, 7) is 0. The van der Waals surface area contributed by atoms with E-state index in [0.717, 1.165) is 5.69 Å². The molecule has 0 spiro atoms. The number of fused-ring (bicyclic) bond motifs is 1. The summed E-state index contributed by atoms with van der Waals surface area (Å²) in [6.07, 6.45) is 3.40. The van der Waals surface area contributed by atoms with E-state index in [9.17, 15) is 4.79 Å². The molecule has 0 aliphatic carbocycles. The van der Waals surface area contributed by atoms with Gasteiger partial charge < -0.3 is 0 Å². The van der Waals surface area contributed by atoms with Crippen LogP contribution in [0.3, 0.4) is 0 Å². The zero-order valence-electron chi connectivity index (χ0n) is 10.3. The maximum Gasteiger partial charge on any atom is 0.300 e. The summed E-state index contributed by atoms with van der Waals surface area (Å²) in [4.78, 5) is 12.4. The Morgan fingerprint density at radius 2 is 2.00 bits per heavy atom. The van der Waals surface area contributed by atoms with Crippen molar-refractivity contribution in [2.24, 2.45) is 0 Å². The topological polar surface area (TPSA) is 76.0 Å². The molecule has 7 heteroatoms. The fourth-order valence-corrected chi connectivity index (χ4v) is 2.43. The van der Waals surface area contributed by atoms with Gasteiger partial charge in [0, 0.05) is 18.1 Å². The van der Waals surface area contributed by atoms with Gasteiger partial charge in [-0.3, -0.25) is 13.8 Å². The highest BCUT2D eigenvalue weighted by atomic mass is 32.2. The van der Waals surface area contributed by atoms with Gasteiger partial charge in [-0.25, -0.2) is 0 Å². The fourth-order valence-electron chi connectivity index (χ4n) is 1.85. The van der Waals surface area contributed by atoms with E-state index in [1.807, 2.05) is 36.4 Å². The minimum atomic E-state index is -0.241. The van der Waals surface area contributed by atoms with E-state index in [-0.39, 0.29) is 17.0 Å². The highest BCUT2D eigenvalue weighted by Crippen LogP contribution is 2.15. The highest BCUT2D eigenvalue weighted by Gasteiger charge is 2.11. The van der Waals surface area contributed by atoms with Crippen molar-refractivity contribution in [3.05, 3.63) is 53.1 Å². The SMILES string of the molecule is N#CCSc1nnc2c(=O)n(-c3ccccc3)ccn12. The second kappa shape index (κ2) is 5.19. The number of hydrogen-bond donors (Lipinski definition) is 0. The third-order valence-corrected chi connectivity index (χ3v) is 3.55. The maximum atomic E-state index is 12.4. The van der Waals surface area contributed by atoms with Crippen LogP contribution in [0.5, 0.6) is 0 Å². The Bertz CT molecular complexity index is 847. The van der Waals surface area contributed by atoms with Crippen molar-refractivity contribution >= 4 is 17.4 Å². The lowest BCUT2D eigenvalue weighted by molar-refractivity contribution is 0.894. The Labute approximate surface area is 118 Å². The van der Waals surface area contributed by atoms with Gasteiger partial charge in [0.15, 0.2) is 5.16 Å². The Hall–Kier alpha value is -2.59. The first-order valence-corrected chi connectivity index (χ1v) is 6.81. The van der Waals surface area contributed by atoms with E-state index in [1.165, 1.54) is 16.3 Å². The molecule has 0 saturated carbocycles. The molecule has 1 aromatic carbocycles. The molecule has 0 amide bonds. The molecule has 6 nitrogen and oxygen atoms in total. The lowest BCUT2D eigenvalue weighted by Crippen LogP contribution is -2.20. The van der Waals surface area contributed by atoms with Crippen LogP contribution in [0.1, 0.15) is 0 Å². The molecule has 0 aliphatic rings. The van der Waals surface area contributed by atoms with Crippen LogP contribution in [0.15, 0.2) is 52.7 Å². The fraction of sp³-hybridized carbons (Fsp3) is 0.0769. The second-order valence-electron chi connectivity index (χ2n) is 3.93. The lowest BCUT2D eigenvalue weighted by Gasteiger charge is -2.05. The third kappa shape index (κ3) is 2.06. The van der Waals surface area contributed by atoms with Crippen LogP contribution < -0.4 is 5.56 Å². The smallest absolute Gasteiger partial charge is 0.280 e. The standard InChI is InChI=1S/C13H9N5OS/c14-6-9-20-13-16-15-11-12(19)17(7-8-18(11)13)10-4-2-1-3-5-10/h1-5,7-8H,9H2. The molecule has 3 rings (SSSR count). The van der Waals surface area contributed by atoms with Crippen LogP contribution in [-0.2, 0) is 0 Å². The Balaban J connectivity index is 2.14. The van der Waals surface area contributed by atoms with Crippen molar-refractivity contribution in [1.29, 1.82) is 5.26 Å². The molecule has 0 saturated heterocycles. The van der Waals surface area contributed by atoms with E-state index in [4.69, 9.17) is 5.26 Å². The summed E-state index contributed by atoms with van der Waals surface area (Å²) in [5.41, 5.74) is 0.779. The third-order valence-electron chi connectivity index (χ3n) is 2.74. The predicted molar refractivity (Wildman–Crippen MR) is 74.9 cm³/mol. The predicted octanol–water partition coefficient (Wildman–Crippen LogP) is 1.50. The van der Waals surface area contributed by atoms with E-state index >= 15 is 0 Å². The van der Waals surface area contributed by atoms with E-state index in [2.05, 4.69) is 10.2 Å². The summed E-state index contributed by atoms with van der Waals surface area (Å²) < 4.78 is 3.12. The highest BCUT2D eigenvalue weighted by molar-refractivity contribution is 7.99. The van der Waals surface area contributed by atoms with Crippen LogP contribution in [-0.4, -0.2) is 24.9 Å². The van der Waals surface area contributed by atoms with Gasteiger partial charge in [-0.2, -0.15) is 5.26 Å². The number of thioether (sulfide) groups is 1. The van der Waals surface area contributed by atoms with Gasteiger partial charge in [0.1, 0.15) is 0 Å². The molecule has 2 heterocycles. The molecule has 3 aromatic rings. The number of aromatic nitrogens is 4. The number of hydrogen-bond acceptors (Lipinski definition) is 5. The quantitative estimate of drug-likeness (QED) is 0.681. The summed E-state index contributed by atoms with van der Waals surface area (Å²) in [5, 5.41) is 17.0. The summed E-state index contributed by atoms with van der Waals surface area (Å²) >= 11 is 1.25. The molecule has 0 aliphatic heterocycles. The summed E-state index contributed by atoms with van der Waals surface area (Å²) in [7, 11) is 0. The average molecular weight is 283 g/mol. The van der Waals surface area contributed by atoms with Crippen LogP contribution in [0, 0.1) is 11.3 Å².